The summed E-state index contributed by atoms with van der Waals surface area (Å²) in [4.78, 5) is 0. The van der Waals surface area contributed by atoms with E-state index in [4.69, 9.17) is 4.42 Å². The zero-order valence-electron chi connectivity index (χ0n) is 10.3. The monoisotopic (exact) mass is 229 g/mol. The van der Waals surface area contributed by atoms with Crippen molar-refractivity contribution in [2.45, 2.75) is 31.7 Å². The standard InChI is InChI=1S/C15H19NO/c1-16-14(12-3-2-4-12)9-11-5-6-13-7-8-17-15(13)10-11/h5-8,10,12,14,16H,2-4,9H2,1H3. The van der Waals surface area contributed by atoms with Gasteiger partial charge in [0.15, 0.2) is 0 Å². The van der Waals surface area contributed by atoms with E-state index in [1.54, 1.807) is 6.26 Å². The van der Waals surface area contributed by atoms with Crippen molar-refractivity contribution in [2.75, 3.05) is 7.05 Å². The molecule has 0 amide bonds. The molecule has 17 heavy (non-hydrogen) atoms. The molecule has 1 heterocycles. The Morgan fingerprint density at radius 2 is 2.24 bits per heavy atom. The van der Waals surface area contributed by atoms with Crippen molar-refractivity contribution >= 4 is 11.0 Å². The van der Waals surface area contributed by atoms with E-state index in [2.05, 4.69) is 30.6 Å². The van der Waals surface area contributed by atoms with Gasteiger partial charge in [0.25, 0.3) is 0 Å². The van der Waals surface area contributed by atoms with Gasteiger partial charge in [0.1, 0.15) is 5.58 Å². The molecule has 0 aliphatic heterocycles. The molecule has 0 saturated heterocycles. The molecule has 2 nitrogen and oxygen atoms in total. The van der Waals surface area contributed by atoms with Crippen LogP contribution < -0.4 is 5.32 Å². The lowest BCUT2D eigenvalue weighted by Gasteiger charge is -2.33. The van der Waals surface area contributed by atoms with Gasteiger partial charge in [-0.15, -0.1) is 0 Å². The van der Waals surface area contributed by atoms with Crippen LogP contribution in [0, 0.1) is 5.92 Å². The molecule has 90 valence electrons. The minimum absolute atomic E-state index is 0.621. The first-order chi connectivity index (χ1) is 8.36. The van der Waals surface area contributed by atoms with Crippen molar-refractivity contribution in [3.8, 4) is 0 Å². The fourth-order valence-corrected chi connectivity index (χ4v) is 2.73. The third-order valence-corrected chi connectivity index (χ3v) is 4.07. The largest absolute Gasteiger partial charge is 0.464 e. The summed E-state index contributed by atoms with van der Waals surface area (Å²) in [5.74, 6) is 0.868. The minimum Gasteiger partial charge on any atom is -0.464 e. The van der Waals surface area contributed by atoms with Crippen LogP contribution in [-0.4, -0.2) is 13.1 Å². The topological polar surface area (TPSA) is 25.2 Å². The Hall–Kier alpha value is -1.28. The second-order valence-corrected chi connectivity index (χ2v) is 5.08. The summed E-state index contributed by atoms with van der Waals surface area (Å²) in [5.41, 5.74) is 2.38. The van der Waals surface area contributed by atoms with Gasteiger partial charge in [-0.3, -0.25) is 0 Å². The van der Waals surface area contributed by atoms with Crippen LogP contribution >= 0.6 is 0 Å². The second kappa shape index (κ2) is 4.53. The van der Waals surface area contributed by atoms with Gasteiger partial charge >= 0.3 is 0 Å². The van der Waals surface area contributed by atoms with Gasteiger partial charge in [-0.1, -0.05) is 18.6 Å². The van der Waals surface area contributed by atoms with E-state index < -0.39 is 0 Å². The number of hydrogen-bond acceptors (Lipinski definition) is 2. The molecule has 0 bridgehead atoms. The highest BCUT2D eigenvalue weighted by molar-refractivity contribution is 5.77. The number of nitrogens with one attached hydrogen (secondary N) is 1. The van der Waals surface area contributed by atoms with Gasteiger partial charge in [0.2, 0.25) is 0 Å². The Bertz CT molecular complexity index is 498. The highest BCUT2D eigenvalue weighted by Gasteiger charge is 2.26. The van der Waals surface area contributed by atoms with E-state index in [1.807, 2.05) is 6.07 Å². The molecule has 1 unspecified atom stereocenters. The lowest BCUT2D eigenvalue weighted by molar-refractivity contribution is 0.236. The maximum atomic E-state index is 5.45. The van der Waals surface area contributed by atoms with E-state index in [9.17, 15) is 0 Å². The van der Waals surface area contributed by atoms with Gasteiger partial charge in [0, 0.05) is 11.4 Å². The van der Waals surface area contributed by atoms with E-state index in [-0.39, 0.29) is 0 Å². The molecule has 1 aromatic heterocycles. The average molecular weight is 229 g/mol. The number of fused-ring (bicyclic) bond motifs is 1. The molecule has 0 radical (unpaired) electrons. The molecule has 1 atom stereocenters. The van der Waals surface area contributed by atoms with Gasteiger partial charge in [-0.2, -0.15) is 0 Å². The van der Waals surface area contributed by atoms with Crippen LogP contribution in [0.4, 0.5) is 0 Å². The van der Waals surface area contributed by atoms with Crippen molar-refractivity contribution in [3.05, 3.63) is 36.1 Å². The molecule has 1 aromatic carbocycles. The minimum atomic E-state index is 0.621. The summed E-state index contributed by atoms with van der Waals surface area (Å²) in [6.45, 7) is 0. The molecule has 3 rings (SSSR count). The Balaban J connectivity index is 1.78. The molecule has 1 aliphatic rings. The van der Waals surface area contributed by atoms with E-state index in [1.165, 1.54) is 30.2 Å². The molecule has 1 saturated carbocycles. The third-order valence-electron chi connectivity index (χ3n) is 4.07. The Kier molecular flexibility index (Phi) is 2.89. The van der Waals surface area contributed by atoms with Gasteiger partial charge in [-0.05, 0) is 49.9 Å². The first-order valence-electron chi connectivity index (χ1n) is 6.50. The smallest absolute Gasteiger partial charge is 0.134 e. The number of rotatable bonds is 4. The van der Waals surface area contributed by atoms with E-state index in [0.29, 0.717) is 6.04 Å². The van der Waals surface area contributed by atoms with Gasteiger partial charge < -0.3 is 9.73 Å². The van der Waals surface area contributed by atoms with Crippen LogP contribution in [0.3, 0.4) is 0 Å². The summed E-state index contributed by atoms with van der Waals surface area (Å²) in [5, 5.41) is 4.66. The quantitative estimate of drug-likeness (QED) is 0.869. The summed E-state index contributed by atoms with van der Waals surface area (Å²) in [6, 6.07) is 9.19. The van der Waals surface area contributed by atoms with Crippen LogP contribution in [0.5, 0.6) is 0 Å². The first kappa shape index (κ1) is 10.8. The van der Waals surface area contributed by atoms with Crippen molar-refractivity contribution in [1.82, 2.24) is 5.32 Å². The van der Waals surface area contributed by atoms with Crippen LogP contribution in [-0.2, 0) is 6.42 Å². The zero-order valence-corrected chi connectivity index (χ0v) is 10.3. The highest BCUT2D eigenvalue weighted by atomic mass is 16.3. The van der Waals surface area contributed by atoms with Gasteiger partial charge in [0.05, 0.1) is 6.26 Å². The average Bonchev–Trinajstić information content (AvgIpc) is 2.72. The van der Waals surface area contributed by atoms with Crippen LogP contribution in [0.2, 0.25) is 0 Å². The fraction of sp³-hybridized carbons (Fsp3) is 0.467. The van der Waals surface area contributed by atoms with Crippen LogP contribution in [0.15, 0.2) is 34.9 Å². The predicted molar refractivity (Wildman–Crippen MR) is 70.1 cm³/mol. The summed E-state index contributed by atoms with van der Waals surface area (Å²) >= 11 is 0. The zero-order chi connectivity index (χ0) is 11.7. The van der Waals surface area contributed by atoms with Crippen molar-refractivity contribution in [1.29, 1.82) is 0 Å². The van der Waals surface area contributed by atoms with Crippen molar-refractivity contribution in [2.24, 2.45) is 5.92 Å². The molecule has 2 aromatic rings. The SMILES string of the molecule is CNC(Cc1ccc2ccoc2c1)C1CCC1. The lowest BCUT2D eigenvalue weighted by atomic mass is 9.77. The highest BCUT2D eigenvalue weighted by Crippen LogP contribution is 2.31. The first-order valence-corrected chi connectivity index (χ1v) is 6.50. The fourth-order valence-electron chi connectivity index (χ4n) is 2.73. The number of hydrogen-bond donors (Lipinski definition) is 1. The molecule has 1 fully saturated rings. The summed E-state index contributed by atoms with van der Waals surface area (Å²) < 4.78 is 5.45. The second-order valence-electron chi connectivity index (χ2n) is 5.08. The maximum Gasteiger partial charge on any atom is 0.134 e. The lowest BCUT2D eigenvalue weighted by Crippen LogP contribution is -2.38. The Labute approximate surface area is 102 Å². The maximum absolute atomic E-state index is 5.45. The van der Waals surface area contributed by atoms with E-state index in [0.717, 1.165) is 17.9 Å². The Morgan fingerprint density at radius 3 is 2.94 bits per heavy atom. The van der Waals surface area contributed by atoms with Crippen LogP contribution in [0.1, 0.15) is 24.8 Å². The molecule has 1 N–H and O–H groups in total. The molecular formula is C15H19NO. The normalized spacial score (nSPS) is 18.2. The predicted octanol–water partition coefficient (Wildman–Crippen LogP) is 3.36. The molecular weight excluding hydrogens is 210 g/mol. The van der Waals surface area contributed by atoms with Gasteiger partial charge in [-0.25, -0.2) is 0 Å². The third kappa shape index (κ3) is 2.09. The summed E-state index contributed by atoms with van der Waals surface area (Å²) in [7, 11) is 2.08. The van der Waals surface area contributed by atoms with E-state index >= 15 is 0 Å². The number of benzene rings is 1. The molecule has 0 spiro atoms. The van der Waals surface area contributed by atoms with Crippen molar-refractivity contribution < 1.29 is 4.42 Å². The Morgan fingerprint density at radius 1 is 1.35 bits per heavy atom. The number of likely N-dealkylation sites (N-methyl/N-ethyl adjacent to an activating group) is 1. The summed E-state index contributed by atoms with van der Waals surface area (Å²) in [6.07, 6.45) is 7.04. The van der Waals surface area contributed by atoms with Crippen molar-refractivity contribution in [3.63, 3.8) is 0 Å². The molecule has 2 heteroatoms. The van der Waals surface area contributed by atoms with Crippen LogP contribution in [0.25, 0.3) is 11.0 Å². The molecule has 1 aliphatic carbocycles. The number of furan rings is 1.